The molecule has 0 bridgehead atoms. The summed E-state index contributed by atoms with van der Waals surface area (Å²) in [4.78, 5) is 15.7. The van der Waals surface area contributed by atoms with E-state index in [1.807, 2.05) is 13.8 Å². The van der Waals surface area contributed by atoms with E-state index in [0.29, 0.717) is 23.8 Å². The minimum atomic E-state index is -0.161. The first kappa shape index (κ1) is 14.2. The second kappa shape index (κ2) is 6.19. The SMILES string of the molecule is Cc1cc(Cl)nc(Cl)c1NC(=O)C(C)CCN. The molecular weight excluding hydrogens is 261 g/mol. The Morgan fingerprint density at radius 3 is 2.76 bits per heavy atom. The van der Waals surface area contributed by atoms with Crippen LogP contribution in [0.1, 0.15) is 18.9 Å². The molecular formula is C11H15Cl2N3O. The van der Waals surface area contributed by atoms with Gasteiger partial charge in [0.1, 0.15) is 5.15 Å². The van der Waals surface area contributed by atoms with E-state index in [2.05, 4.69) is 10.3 Å². The van der Waals surface area contributed by atoms with Crippen molar-refractivity contribution in [1.29, 1.82) is 0 Å². The number of aromatic nitrogens is 1. The zero-order valence-electron chi connectivity index (χ0n) is 9.76. The van der Waals surface area contributed by atoms with Gasteiger partial charge in [-0.1, -0.05) is 30.1 Å². The van der Waals surface area contributed by atoms with Crippen LogP contribution in [0, 0.1) is 12.8 Å². The van der Waals surface area contributed by atoms with Crippen LogP contribution in [0.2, 0.25) is 10.3 Å². The van der Waals surface area contributed by atoms with Crippen molar-refractivity contribution in [2.45, 2.75) is 20.3 Å². The lowest BCUT2D eigenvalue weighted by Gasteiger charge is -2.13. The smallest absolute Gasteiger partial charge is 0.227 e. The number of carbonyl (C=O) groups excluding carboxylic acids is 1. The van der Waals surface area contributed by atoms with Crippen molar-refractivity contribution in [2.24, 2.45) is 11.7 Å². The lowest BCUT2D eigenvalue weighted by atomic mass is 10.1. The van der Waals surface area contributed by atoms with E-state index in [4.69, 9.17) is 28.9 Å². The largest absolute Gasteiger partial charge is 0.330 e. The molecule has 0 aliphatic carbocycles. The average Bonchev–Trinajstić information content (AvgIpc) is 2.23. The number of carbonyl (C=O) groups is 1. The Kier molecular flexibility index (Phi) is 5.18. The Bertz CT molecular complexity index is 400. The van der Waals surface area contributed by atoms with Crippen LogP contribution >= 0.6 is 23.2 Å². The van der Waals surface area contributed by atoms with Crippen molar-refractivity contribution in [2.75, 3.05) is 11.9 Å². The maximum absolute atomic E-state index is 11.8. The van der Waals surface area contributed by atoms with Gasteiger partial charge in [0.05, 0.1) is 5.69 Å². The van der Waals surface area contributed by atoms with Crippen molar-refractivity contribution >= 4 is 34.8 Å². The van der Waals surface area contributed by atoms with Gasteiger partial charge in [0, 0.05) is 5.92 Å². The van der Waals surface area contributed by atoms with Gasteiger partial charge in [-0.15, -0.1) is 0 Å². The summed E-state index contributed by atoms with van der Waals surface area (Å²) in [6.45, 7) is 4.09. The number of aryl methyl sites for hydroxylation is 1. The number of nitrogens with two attached hydrogens (primary N) is 1. The highest BCUT2D eigenvalue weighted by molar-refractivity contribution is 6.34. The van der Waals surface area contributed by atoms with Crippen LogP contribution in [0.4, 0.5) is 5.69 Å². The van der Waals surface area contributed by atoms with Crippen LogP contribution in [0.15, 0.2) is 6.07 Å². The molecule has 4 nitrogen and oxygen atoms in total. The molecule has 0 spiro atoms. The summed E-state index contributed by atoms with van der Waals surface area (Å²) in [5.41, 5.74) is 6.69. The minimum absolute atomic E-state index is 0.121. The zero-order chi connectivity index (χ0) is 13.0. The molecule has 17 heavy (non-hydrogen) atoms. The van der Waals surface area contributed by atoms with E-state index in [9.17, 15) is 4.79 Å². The molecule has 1 heterocycles. The Morgan fingerprint density at radius 2 is 2.24 bits per heavy atom. The molecule has 3 N–H and O–H groups in total. The van der Waals surface area contributed by atoms with Gasteiger partial charge in [-0.05, 0) is 31.5 Å². The van der Waals surface area contributed by atoms with E-state index in [1.54, 1.807) is 6.07 Å². The standard InChI is InChI=1S/C11H15Cl2N3O/c1-6(3-4-14)11(17)16-9-7(2)5-8(12)15-10(9)13/h5-6H,3-4,14H2,1-2H3,(H,16,17). The number of rotatable bonds is 4. The minimum Gasteiger partial charge on any atom is -0.330 e. The number of hydrogen-bond donors (Lipinski definition) is 2. The van der Waals surface area contributed by atoms with Crippen LogP contribution in [0.25, 0.3) is 0 Å². The van der Waals surface area contributed by atoms with E-state index in [-0.39, 0.29) is 17.0 Å². The van der Waals surface area contributed by atoms with Crippen LogP contribution in [-0.4, -0.2) is 17.4 Å². The molecule has 0 aliphatic rings. The maximum atomic E-state index is 11.8. The number of nitrogens with zero attached hydrogens (tertiary/aromatic N) is 1. The lowest BCUT2D eigenvalue weighted by Crippen LogP contribution is -2.23. The molecule has 0 radical (unpaired) electrons. The molecule has 94 valence electrons. The predicted molar refractivity (Wildman–Crippen MR) is 70.5 cm³/mol. The second-order valence-electron chi connectivity index (χ2n) is 3.90. The number of halogens is 2. The summed E-state index contributed by atoms with van der Waals surface area (Å²) in [6.07, 6.45) is 0.628. The fourth-order valence-electron chi connectivity index (χ4n) is 1.37. The Balaban J connectivity index is 2.85. The first-order chi connectivity index (χ1) is 7.95. The van der Waals surface area contributed by atoms with Crippen LogP contribution in [0.5, 0.6) is 0 Å². The fourth-order valence-corrected chi connectivity index (χ4v) is 1.95. The van der Waals surface area contributed by atoms with Crippen LogP contribution in [0.3, 0.4) is 0 Å². The van der Waals surface area contributed by atoms with E-state index >= 15 is 0 Å². The maximum Gasteiger partial charge on any atom is 0.227 e. The second-order valence-corrected chi connectivity index (χ2v) is 4.64. The van der Waals surface area contributed by atoms with Gasteiger partial charge in [0.15, 0.2) is 5.15 Å². The highest BCUT2D eigenvalue weighted by Gasteiger charge is 2.15. The Morgan fingerprint density at radius 1 is 1.59 bits per heavy atom. The topological polar surface area (TPSA) is 68.0 Å². The number of amides is 1. The third-order valence-corrected chi connectivity index (χ3v) is 2.90. The highest BCUT2D eigenvalue weighted by atomic mass is 35.5. The molecule has 1 unspecified atom stereocenters. The highest BCUT2D eigenvalue weighted by Crippen LogP contribution is 2.26. The van der Waals surface area contributed by atoms with Gasteiger partial charge in [0.25, 0.3) is 0 Å². The summed E-state index contributed by atoms with van der Waals surface area (Å²) < 4.78 is 0. The summed E-state index contributed by atoms with van der Waals surface area (Å²) in [5, 5.41) is 3.25. The monoisotopic (exact) mass is 275 g/mol. The number of pyridine rings is 1. The summed E-state index contributed by atoms with van der Waals surface area (Å²) >= 11 is 11.7. The van der Waals surface area contributed by atoms with Gasteiger partial charge in [-0.3, -0.25) is 4.79 Å². The Labute approximate surface area is 110 Å². The molecule has 6 heteroatoms. The number of hydrogen-bond acceptors (Lipinski definition) is 3. The average molecular weight is 276 g/mol. The molecule has 0 aromatic carbocycles. The molecule has 1 aromatic rings. The lowest BCUT2D eigenvalue weighted by molar-refractivity contribution is -0.119. The molecule has 0 aliphatic heterocycles. The van der Waals surface area contributed by atoms with Gasteiger partial charge < -0.3 is 11.1 Å². The van der Waals surface area contributed by atoms with Crippen LogP contribution < -0.4 is 11.1 Å². The normalized spacial score (nSPS) is 12.3. The first-order valence-electron chi connectivity index (χ1n) is 5.29. The molecule has 0 saturated heterocycles. The van der Waals surface area contributed by atoms with E-state index in [1.165, 1.54) is 0 Å². The summed E-state index contributed by atoms with van der Waals surface area (Å²) in [6, 6.07) is 1.65. The molecule has 0 fully saturated rings. The molecule has 1 rings (SSSR count). The van der Waals surface area contributed by atoms with Gasteiger partial charge in [-0.25, -0.2) is 4.98 Å². The number of anilines is 1. The van der Waals surface area contributed by atoms with Crippen molar-refractivity contribution in [3.8, 4) is 0 Å². The van der Waals surface area contributed by atoms with Crippen LogP contribution in [-0.2, 0) is 4.79 Å². The van der Waals surface area contributed by atoms with Crippen molar-refractivity contribution in [3.05, 3.63) is 21.9 Å². The molecule has 1 aromatic heterocycles. The van der Waals surface area contributed by atoms with Gasteiger partial charge >= 0.3 is 0 Å². The predicted octanol–water partition coefficient (Wildman–Crippen LogP) is 2.62. The van der Waals surface area contributed by atoms with E-state index < -0.39 is 0 Å². The first-order valence-corrected chi connectivity index (χ1v) is 6.05. The third kappa shape index (κ3) is 3.84. The molecule has 1 atom stereocenters. The van der Waals surface area contributed by atoms with E-state index in [0.717, 1.165) is 5.56 Å². The van der Waals surface area contributed by atoms with Crippen molar-refractivity contribution < 1.29 is 4.79 Å². The van der Waals surface area contributed by atoms with Gasteiger partial charge in [0.2, 0.25) is 5.91 Å². The third-order valence-electron chi connectivity index (χ3n) is 2.44. The van der Waals surface area contributed by atoms with Crippen molar-refractivity contribution in [1.82, 2.24) is 4.98 Å². The van der Waals surface area contributed by atoms with Crippen molar-refractivity contribution in [3.63, 3.8) is 0 Å². The Hall–Kier alpha value is -0.840. The number of nitrogens with one attached hydrogen (secondary N) is 1. The molecule has 0 saturated carbocycles. The van der Waals surface area contributed by atoms with Gasteiger partial charge in [-0.2, -0.15) is 0 Å². The molecule has 1 amide bonds. The summed E-state index contributed by atoms with van der Waals surface area (Å²) in [7, 11) is 0. The fraction of sp³-hybridized carbons (Fsp3) is 0.455. The quantitative estimate of drug-likeness (QED) is 0.830. The zero-order valence-corrected chi connectivity index (χ0v) is 11.3. The summed E-state index contributed by atoms with van der Waals surface area (Å²) in [5.74, 6) is -0.282.